The molecular weight excluding hydrogens is 238 g/mol. The van der Waals surface area contributed by atoms with Gasteiger partial charge in [-0.05, 0) is 25.0 Å². The number of aromatic nitrogens is 2. The van der Waals surface area contributed by atoms with Crippen LogP contribution in [-0.2, 0) is 11.3 Å². The normalized spacial score (nSPS) is 14.3. The summed E-state index contributed by atoms with van der Waals surface area (Å²) in [5.41, 5.74) is 2.12. The van der Waals surface area contributed by atoms with E-state index in [1.165, 1.54) is 0 Å². The fourth-order valence-corrected chi connectivity index (χ4v) is 2.23. The fraction of sp³-hybridized carbons (Fsp3) is 0.467. The molecule has 1 aromatic heterocycles. The van der Waals surface area contributed by atoms with E-state index in [-0.39, 0.29) is 6.04 Å². The predicted molar refractivity (Wildman–Crippen MR) is 76.8 cm³/mol. The maximum absolute atomic E-state index is 10.6. The van der Waals surface area contributed by atoms with E-state index in [4.69, 9.17) is 0 Å². The lowest BCUT2D eigenvalue weighted by molar-refractivity contribution is -0.110. The minimum absolute atomic E-state index is 0.0750. The second-order valence-corrected chi connectivity index (χ2v) is 5.09. The van der Waals surface area contributed by atoms with Gasteiger partial charge < -0.3 is 9.88 Å². The summed E-state index contributed by atoms with van der Waals surface area (Å²) in [6.07, 6.45) is 1.86. The lowest BCUT2D eigenvalue weighted by Gasteiger charge is -2.17. The zero-order valence-corrected chi connectivity index (χ0v) is 11.8. The van der Waals surface area contributed by atoms with E-state index in [0.29, 0.717) is 5.92 Å². The quantitative estimate of drug-likeness (QED) is 0.811. The molecule has 2 atom stereocenters. The summed E-state index contributed by atoms with van der Waals surface area (Å²) in [7, 11) is 0. The number of nitrogens with zero attached hydrogens (tertiary/aromatic N) is 2. The van der Waals surface area contributed by atoms with E-state index < -0.39 is 0 Å². The number of rotatable bonds is 6. The van der Waals surface area contributed by atoms with Crippen molar-refractivity contribution < 1.29 is 4.79 Å². The van der Waals surface area contributed by atoms with Gasteiger partial charge >= 0.3 is 0 Å². The van der Waals surface area contributed by atoms with Crippen molar-refractivity contribution in [2.45, 2.75) is 39.8 Å². The standard InChI is InChI=1S/C15H21N3O/c1-4-11(2)9-18-14-8-6-5-7-13(14)17-15(18)12(3)16-10-19/h5-8,10-12H,4,9H2,1-3H3,(H,16,19)/t11-,12-/m0/s1. The highest BCUT2D eigenvalue weighted by Gasteiger charge is 2.16. The van der Waals surface area contributed by atoms with Gasteiger partial charge in [-0.2, -0.15) is 0 Å². The van der Waals surface area contributed by atoms with Crippen LogP contribution in [0.25, 0.3) is 11.0 Å². The average Bonchev–Trinajstić information content (AvgIpc) is 2.78. The largest absolute Gasteiger partial charge is 0.349 e. The molecule has 1 aromatic carbocycles. The molecule has 19 heavy (non-hydrogen) atoms. The van der Waals surface area contributed by atoms with Gasteiger partial charge in [0.1, 0.15) is 5.82 Å². The summed E-state index contributed by atoms with van der Waals surface area (Å²) >= 11 is 0. The van der Waals surface area contributed by atoms with Crippen molar-refractivity contribution in [2.24, 2.45) is 5.92 Å². The Balaban J connectivity index is 2.48. The summed E-state index contributed by atoms with van der Waals surface area (Å²) in [6.45, 7) is 7.31. The summed E-state index contributed by atoms with van der Waals surface area (Å²) in [4.78, 5) is 15.3. The Morgan fingerprint density at radius 1 is 1.37 bits per heavy atom. The molecule has 0 saturated carbocycles. The molecule has 4 nitrogen and oxygen atoms in total. The van der Waals surface area contributed by atoms with Crippen molar-refractivity contribution in [3.05, 3.63) is 30.1 Å². The molecule has 2 aromatic rings. The van der Waals surface area contributed by atoms with Gasteiger partial charge in [-0.3, -0.25) is 4.79 Å². The van der Waals surface area contributed by atoms with Gasteiger partial charge in [-0.25, -0.2) is 4.98 Å². The number of hydrogen-bond donors (Lipinski definition) is 1. The van der Waals surface area contributed by atoms with Crippen LogP contribution in [0.2, 0.25) is 0 Å². The molecule has 0 saturated heterocycles. The molecule has 0 radical (unpaired) electrons. The Hall–Kier alpha value is -1.84. The third-order valence-corrected chi connectivity index (χ3v) is 3.58. The van der Waals surface area contributed by atoms with Crippen LogP contribution >= 0.6 is 0 Å². The van der Waals surface area contributed by atoms with E-state index in [9.17, 15) is 4.79 Å². The van der Waals surface area contributed by atoms with Gasteiger partial charge in [0, 0.05) is 6.54 Å². The molecule has 0 fully saturated rings. The predicted octanol–water partition coefficient (Wildman–Crippen LogP) is 2.89. The molecule has 1 amide bonds. The summed E-state index contributed by atoms with van der Waals surface area (Å²) in [6, 6.07) is 8.04. The van der Waals surface area contributed by atoms with E-state index in [2.05, 4.69) is 34.8 Å². The van der Waals surface area contributed by atoms with E-state index in [1.54, 1.807) is 0 Å². The number of para-hydroxylation sites is 2. The summed E-state index contributed by atoms with van der Waals surface area (Å²) in [5, 5.41) is 2.79. The van der Waals surface area contributed by atoms with Gasteiger partial charge in [0.05, 0.1) is 17.1 Å². The number of nitrogens with one attached hydrogen (secondary N) is 1. The third-order valence-electron chi connectivity index (χ3n) is 3.58. The first-order valence-electron chi connectivity index (χ1n) is 6.82. The Morgan fingerprint density at radius 2 is 2.11 bits per heavy atom. The number of fused-ring (bicyclic) bond motifs is 1. The molecule has 1 heterocycles. The summed E-state index contributed by atoms with van der Waals surface area (Å²) < 4.78 is 2.23. The number of carbonyl (C=O) groups excluding carboxylic acids is 1. The fourth-order valence-electron chi connectivity index (χ4n) is 2.23. The van der Waals surface area contributed by atoms with Crippen LogP contribution in [0.4, 0.5) is 0 Å². The van der Waals surface area contributed by atoms with Crippen LogP contribution in [0, 0.1) is 5.92 Å². The minimum atomic E-state index is -0.0750. The lowest BCUT2D eigenvalue weighted by atomic mass is 10.1. The van der Waals surface area contributed by atoms with Gasteiger partial charge in [0.15, 0.2) is 0 Å². The first-order chi connectivity index (χ1) is 9.17. The first-order valence-corrected chi connectivity index (χ1v) is 6.82. The smallest absolute Gasteiger partial charge is 0.207 e. The number of hydrogen-bond acceptors (Lipinski definition) is 2. The molecule has 4 heteroatoms. The highest BCUT2D eigenvalue weighted by Crippen LogP contribution is 2.22. The van der Waals surface area contributed by atoms with Gasteiger partial charge in [-0.1, -0.05) is 32.4 Å². The van der Waals surface area contributed by atoms with E-state index in [1.807, 2.05) is 25.1 Å². The number of imidazole rings is 1. The monoisotopic (exact) mass is 259 g/mol. The molecule has 2 rings (SSSR count). The number of amides is 1. The van der Waals surface area contributed by atoms with Crippen LogP contribution < -0.4 is 5.32 Å². The van der Waals surface area contributed by atoms with Crippen LogP contribution in [-0.4, -0.2) is 16.0 Å². The molecule has 0 aliphatic rings. The Morgan fingerprint density at radius 3 is 2.79 bits per heavy atom. The van der Waals surface area contributed by atoms with Crippen molar-refractivity contribution in [3.63, 3.8) is 0 Å². The molecule has 0 aliphatic carbocycles. The zero-order valence-electron chi connectivity index (χ0n) is 11.8. The Bertz CT molecular complexity index is 562. The van der Waals surface area contributed by atoms with Crippen molar-refractivity contribution >= 4 is 17.4 Å². The van der Waals surface area contributed by atoms with Crippen LogP contribution in [0.5, 0.6) is 0 Å². The van der Waals surface area contributed by atoms with Crippen LogP contribution in [0.15, 0.2) is 24.3 Å². The van der Waals surface area contributed by atoms with Crippen LogP contribution in [0.3, 0.4) is 0 Å². The van der Waals surface area contributed by atoms with Gasteiger partial charge in [-0.15, -0.1) is 0 Å². The Kier molecular flexibility index (Phi) is 4.20. The second-order valence-electron chi connectivity index (χ2n) is 5.09. The maximum Gasteiger partial charge on any atom is 0.207 e. The van der Waals surface area contributed by atoms with Gasteiger partial charge in [0.25, 0.3) is 0 Å². The van der Waals surface area contributed by atoms with E-state index in [0.717, 1.165) is 36.2 Å². The molecule has 0 unspecified atom stereocenters. The molecular formula is C15H21N3O. The highest BCUT2D eigenvalue weighted by atomic mass is 16.1. The zero-order chi connectivity index (χ0) is 13.8. The SMILES string of the molecule is CC[C@H](C)Cn1c([C@H](C)NC=O)nc2ccccc21. The molecule has 0 aliphatic heterocycles. The molecule has 1 N–H and O–H groups in total. The number of benzene rings is 1. The molecule has 0 bridgehead atoms. The second kappa shape index (κ2) is 5.87. The Labute approximate surface area is 113 Å². The van der Waals surface area contributed by atoms with Crippen molar-refractivity contribution in [1.29, 1.82) is 0 Å². The van der Waals surface area contributed by atoms with Crippen molar-refractivity contribution in [1.82, 2.24) is 14.9 Å². The van der Waals surface area contributed by atoms with Crippen molar-refractivity contribution in [2.75, 3.05) is 0 Å². The topological polar surface area (TPSA) is 46.9 Å². The molecule has 102 valence electrons. The third kappa shape index (κ3) is 2.78. The minimum Gasteiger partial charge on any atom is -0.349 e. The average molecular weight is 259 g/mol. The molecule has 0 spiro atoms. The summed E-state index contributed by atoms with van der Waals surface area (Å²) in [5.74, 6) is 1.51. The number of carbonyl (C=O) groups is 1. The van der Waals surface area contributed by atoms with E-state index >= 15 is 0 Å². The lowest BCUT2D eigenvalue weighted by Crippen LogP contribution is -2.21. The maximum atomic E-state index is 10.6. The highest BCUT2D eigenvalue weighted by molar-refractivity contribution is 5.76. The van der Waals surface area contributed by atoms with Crippen LogP contribution in [0.1, 0.15) is 39.1 Å². The van der Waals surface area contributed by atoms with Gasteiger partial charge in [0.2, 0.25) is 6.41 Å². The first kappa shape index (κ1) is 13.6. The van der Waals surface area contributed by atoms with Crippen molar-refractivity contribution in [3.8, 4) is 0 Å².